The smallest absolute Gasteiger partial charge is 0.208 e. The lowest BCUT2D eigenvalue weighted by atomic mass is 10.1. The first kappa shape index (κ1) is 13.7. The molecule has 0 aromatic heterocycles. The molecule has 1 aromatic rings. The summed E-state index contributed by atoms with van der Waals surface area (Å²) in [7, 11) is -3.41. The van der Waals surface area contributed by atoms with E-state index in [9.17, 15) is 8.42 Å². The SMILES string of the molecule is CC(C)C(C)NS(=O)(=O)c1cccc(Br)c1. The zero-order chi connectivity index (χ0) is 12.3. The van der Waals surface area contributed by atoms with Crippen molar-refractivity contribution >= 4 is 26.0 Å². The van der Waals surface area contributed by atoms with E-state index in [-0.39, 0.29) is 16.9 Å². The lowest BCUT2D eigenvalue weighted by molar-refractivity contribution is 0.476. The monoisotopic (exact) mass is 305 g/mol. The van der Waals surface area contributed by atoms with E-state index < -0.39 is 10.0 Å². The molecular formula is C11H16BrNO2S. The highest BCUT2D eigenvalue weighted by Crippen LogP contribution is 2.16. The molecule has 1 aromatic carbocycles. The molecule has 0 fully saturated rings. The first-order valence-electron chi connectivity index (χ1n) is 5.11. The summed E-state index contributed by atoms with van der Waals surface area (Å²) < 4.78 is 27.3. The predicted octanol–water partition coefficient (Wildman–Crippen LogP) is 2.77. The molecule has 0 amide bonds. The highest BCUT2D eigenvalue weighted by Gasteiger charge is 2.18. The summed E-state index contributed by atoms with van der Waals surface area (Å²) in [5, 5.41) is 0. The van der Waals surface area contributed by atoms with Crippen molar-refractivity contribution in [3.63, 3.8) is 0 Å². The molecule has 0 spiro atoms. The highest BCUT2D eigenvalue weighted by molar-refractivity contribution is 9.10. The fourth-order valence-corrected chi connectivity index (χ4v) is 3.07. The Labute approximate surface area is 105 Å². The van der Waals surface area contributed by atoms with Gasteiger partial charge in [0.1, 0.15) is 0 Å². The van der Waals surface area contributed by atoms with Crippen LogP contribution in [0, 0.1) is 5.92 Å². The number of nitrogens with one attached hydrogen (secondary N) is 1. The van der Waals surface area contributed by atoms with Gasteiger partial charge in [0, 0.05) is 10.5 Å². The van der Waals surface area contributed by atoms with Gasteiger partial charge in [0.25, 0.3) is 0 Å². The van der Waals surface area contributed by atoms with E-state index in [4.69, 9.17) is 0 Å². The zero-order valence-electron chi connectivity index (χ0n) is 9.57. The van der Waals surface area contributed by atoms with Crippen molar-refractivity contribution in [2.45, 2.75) is 31.7 Å². The molecule has 1 unspecified atom stereocenters. The second-order valence-electron chi connectivity index (χ2n) is 4.11. The van der Waals surface area contributed by atoms with Crippen molar-refractivity contribution < 1.29 is 8.42 Å². The van der Waals surface area contributed by atoms with Gasteiger partial charge in [-0.3, -0.25) is 0 Å². The van der Waals surface area contributed by atoms with Gasteiger partial charge in [-0.05, 0) is 31.0 Å². The molecule has 0 radical (unpaired) electrons. The third kappa shape index (κ3) is 3.57. The Kier molecular flexibility index (Phi) is 4.52. The lowest BCUT2D eigenvalue weighted by Crippen LogP contribution is -2.36. The van der Waals surface area contributed by atoms with Crippen LogP contribution in [0.4, 0.5) is 0 Å². The van der Waals surface area contributed by atoms with Gasteiger partial charge in [0.2, 0.25) is 10.0 Å². The van der Waals surface area contributed by atoms with Crippen LogP contribution >= 0.6 is 15.9 Å². The van der Waals surface area contributed by atoms with E-state index in [1.165, 1.54) is 0 Å². The highest BCUT2D eigenvalue weighted by atomic mass is 79.9. The Balaban J connectivity index is 2.95. The zero-order valence-corrected chi connectivity index (χ0v) is 12.0. The first-order chi connectivity index (χ1) is 7.33. The Morgan fingerprint density at radius 3 is 2.38 bits per heavy atom. The molecule has 0 aliphatic carbocycles. The van der Waals surface area contributed by atoms with Crippen LogP contribution in [-0.2, 0) is 10.0 Å². The Morgan fingerprint density at radius 2 is 1.88 bits per heavy atom. The third-order valence-corrected chi connectivity index (χ3v) is 4.50. The van der Waals surface area contributed by atoms with E-state index >= 15 is 0 Å². The van der Waals surface area contributed by atoms with E-state index in [0.717, 1.165) is 4.47 Å². The fraction of sp³-hybridized carbons (Fsp3) is 0.455. The maximum absolute atomic E-state index is 12.0. The van der Waals surface area contributed by atoms with Crippen molar-refractivity contribution in [1.82, 2.24) is 4.72 Å². The topological polar surface area (TPSA) is 46.2 Å². The number of hydrogen-bond donors (Lipinski definition) is 1. The molecule has 0 aliphatic rings. The van der Waals surface area contributed by atoms with Gasteiger partial charge in [-0.15, -0.1) is 0 Å². The maximum atomic E-state index is 12.0. The Morgan fingerprint density at radius 1 is 1.25 bits per heavy atom. The lowest BCUT2D eigenvalue weighted by Gasteiger charge is -2.17. The van der Waals surface area contributed by atoms with Crippen LogP contribution in [-0.4, -0.2) is 14.5 Å². The second-order valence-corrected chi connectivity index (χ2v) is 6.74. The number of sulfonamides is 1. The van der Waals surface area contributed by atoms with Crippen LogP contribution < -0.4 is 4.72 Å². The van der Waals surface area contributed by atoms with Crippen LogP contribution in [0.25, 0.3) is 0 Å². The molecular weight excluding hydrogens is 290 g/mol. The molecule has 16 heavy (non-hydrogen) atoms. The van der Waals surface area contributed by atoms with Gasteiger partial charge in [-0.1, -0.05) is 35.8 Å². The van der Waals surface area contributed by atoms with E-state index in [0.29, 0.717) is 0 Å². The summed E-state index contributed by atoms with van der Waals surface area (Å²) in [5.41, 5.74) is 0. The maximum Gasteiger partial charge on any atom is 0.240 e. The van der Waals surface area contributed by atoms with Crippen molar-refractivity contribution in [3.05, 3.63) is 28.7 Å². The summed E-state index contributed by atoms with van der Waals surface area (Å²) in [5.74, 6) is 0.266. The summed E-state index contributed by atoms with van der Waals surface area (Å²) in [6.07, 6.45) is 0. The summed E-state index contributed by atoms with van der Waals surface area (Å²) in [6.45, 7) is 5.82. The van der Waals surface area contributed by atoms with Crippen molar-refractivity contribution in [2.75, 3.05) is 0 Å². The standard InChI is InChI=1S/C11H16BrNO2S/c1-8(2)9(3)13-16(14,15)11-6-4-5-10(12)7-11/h4-9,13H,1-3H3. The second kappa shape index (κ2) is 5.29. The molecule has 5 heteroatoms. The van der Waals surface area contributed by atoms with Gasteiger partial charge in [0.05, 0.1) is 4.90 Å². The molecule has 0 heterocycles. The Bertz CT molecular complexity index is 457. The van der Waals surface area contributed by atoms with Crippen molar-refractivity contribution in [3.8, 4) is 0 Å². The van der Waals surface area contributed by atoms with Crippen molar-refractivity contribution in [1.29, 1.82) is 0 Å². The fourth-order valence-electron chi connectivity index (χ4n) is 1.08. The van der Waals surface area contributed by atoms with E-state index in [1.807, 2.05) is 20.8 Å². The molecule has 1 atom stereocenters. The molecule has 0 saturated heterocycles. The summed E-state index contributed by atoms with van der Waals surface area (Å²) >= 11 is 3.26. The summed E-state index contributed by atoms with van der Waals surface area (Å²) in [6, 6.07) is 6.60. The minimum atomic E-state index is -3.41. The van der Waals surface area contributed by atoms with E-state index in [2.05, 4.69) is 20.7 Å². The third-order valence-electron chi connectivity index (χ3n) is 2.45. The average Bonchev–Trinajstić information content (AvgIpc) is 2.17. The van der Waals surface area contributed by atoms with Crippen LogP contribution in [0.1, 0.15) is 20.8 Å². The average molecular weight is 306 g/mol. The Hall–Kier alpha value is -0.390. The molecule has 90 valence electrons. The van der Waals surface area contributed by atoms with Crippen LogP contribution in [0.5, 0.6) is 0 Å². The van der Waals surface area contributed by atoms with Gasteiger partial charge in [-0.25, -0.2) is 13.1 Å². The number of benzene rings is 1. The largest absolute Gasteiger partial charge is 0.240 e. The molecule has 0 saturated carbocycles. The molecule has 3 nitrogen and oxygen atoms in total. The predicted molar refractivity (Wildman–Crippen MR) is 68.8 cm³/mol. The van der Waals surface area contributed by atoms with Crippen LogP contribution in [0.15, 0.2) is 33.6 Å². The van der Waals surface area contributed by atoms with E-state index in [1.54, 1.807) is 24.3 Å². The minimum Gasteiger partial charge on any atom is -0.208 e. The van der Waals surface area contributed by atoms with Gasteiger partial charge >= 0.3 is 0 Å². The van der Waals surface area contributed by atoms with Crippen LogP contribution in [0.2, 0.25) is 0 Å². The van der Waals surface area contributed by atoms with Crippen molar-refractivity contribution in [2.24, 2.45) is 5.92 Å². The normalized spacial score (nSPS) is 14.1. The number of hydrogen-bond acceptors (Lipinski definition) is 2. The van der Waals surface area contributed by atoms with Gasteiger partial charge < -0.3 is 0 Å². The first-order valence-corrected chi connectivity index (χ1v) is 7.38. The van der Waals surface area contributed by atoms with Crippen LogP contribution in [0.3, 0.4) is 0 Å². The quantitative estimate of drug-likeness (QED) is 0.930. The van der Waals surface area contributed by atoms with Gasteiger partial charge in [-0.2, -0.15) is 0 Å². The molecule has 0 bridgehead atoms. The molecule has 1 N–H and O–H groups in total. The van der Waals surface area contributed by atoms with Gasteiger partial charge in [0.15, 0.2) is 0 Å². The molecule has 0 aliphatic heterocycles. The number of halogens is 1. The molecule has 1 rings (SSSR count). The number of rotatable bonds is 4. The summed E-state index contributed by atoms with van der Waals surface area (Å²) in [4.78, 5) is 0.286. The minimum absolute atomic E-state index is 0.0796.